The van der Waals surface area contributed by atoms with Gasteiger partial charge in [0.15, 0.2) is 0 Å². The molecule has 25 heavy (non-hydrogen) atoms. The molecule has 0 radical (unpaired) electrons. The minimum Gasteiger partial charge on any atom is -0.351 e. The van der Waals surface area contributed by atoms with E-state index in [-0.39, 0.29) is 5.91 Å². The lowest BCUT2D eigenvalue weighted by Crippen LogP contribution is -2.25. The molecule has 4 rings (SSSR count). The highest BCUT2D eigenvalue weighted by molar-refractivity contribution is 7.14. The van der Waals surface area contributed by atoms with Crippen LogP contribution in [0.4, 0.5) is 0 Å². The third-order valence-corrected chi connectivity index (χ3v) is 6.10. The topological polar surface area (TPSA) is 42.0 Å². The van der Waals surface area contributed by atoms with Crippen molar-refractivity contribution in [3.05, 3.63) is 63.5 Å². The molecule has 0 aliphatic heterocycles. The van der Waals surface area contributed by atoms with E-state index in [0.717, 1.165) is 35.0 Å². The summed E-state index contributed by atoms with van der Waals surface area (Å²) in [4.78, 5) is 19.2. The fraction of sp³-hybridized carbons (Fsp3) is 0.333. The largest absolute Gasteiger partial charge is 0.351 e. The predicted molar refractivity (Wildman–Crippen MR) is 103 cm³/mol. The molecule has 3 nitrogen and oxygen atoms in total. The second-order valence-corrected chi connectivity index (χ2v) is 7.75. The number of para-hydroxylation sites is 1. The van der Waals surface area contributed by atoms with E-state index in [1.54, 1.807) is 11.3 Å². The van der Waals surface area contributed by atoms with Crippen LogP contribution < -0.4 is 5.32 Å². The summed E-state index contributed by atoms with van der Waals surface area (Å²) in [6.07, 6.45) is 8.69. The van der Waals surface area contributed by atoms with Gasteiger partial charge in [-0.3, -0.25) is 9.78 Å². The number of nitrogens with one attached hydrogen (secondary N) is 1. The number of rotatable bonds is 4. The molecule has 1 amide bonds. The van der Waals surface area contributed by atoms with Gasteiger partial charge in [0.1, 0.15) is 0 Å². The van der Waals surface area contributed by atoms with Gasteiger partial charge in [-0.1, -0.05) is 30.7 Å². The van der Waals surface area contributed by atoms with Crippen molar-refractivity contribution in [2.24, 2.45) is 0 Å². The van der Waals surface area contributed by atoms with Gasteiger partial charge in [-0.25, -0.2) is 0 Å². The molecule has 2 heterocycles. The summed E-state index contributed by atoms with van der Waals surface area (Å²) in [6, 6.07) is 12.4. The molecule has 1 aromatic carbocycles. The average Bonchev–Trinajstić information content (AvgIpc) is 2.93. The van der Waals surface area contributed by atoms with Crippen LogP contribution in [0.15, 0.2) is 42.6 Å². The SMILES string of the molecule is O=C(NCCc1cccc2cccnc12)c1cc2c(s1)CCCCC2. The Morgan fingerprint density at radius 1 is 1.12 bits per heavy atom. The van der Waals surface area contributed by atoms with Gasteiger partial charge in [-0.2, -0.15) is 0 Å². The highest BCUT2D eigenvalue weighted by Crippen LogP contribution is 2.28. The molecule has 0 fully saturated rings. The van der Waals surface area contributed by atoms with Crippen LogP contribution in [0.3, 0.4) is 0 Å². The van der Waals surface area contributed by atoms with E-state index in [2.05, 4.69) is 40.6 Å². The van der Waals surface area contributed by atoms with Crippen molar-refractivity contribution in [1.82, 2.24) is 10.3 Å². The number of aromatic nitrogens is 1. The fourth-order valence-electron chi connectivity index (χ4n) is 3.55. The first-order chi connectivity index (χ1) is 12.3. The number of hydrogen-bond acceptors (Lipinski definition) is 3. The summed E-state index contributed by atoms with van der Waals surface area (Å²) in [7, 11) is 0. The second-order valence-electron chi connectivity index (χ2n) is 6.62. The smallest absolute Gasteiger partial charge is 0.261 e. The van der Waals surface area contributed by atoms with Crippen molar-refractivity contribution in [2.45, 2.75) is 38.5 Å². The molecule has 0 bridgehead atoms. The van der Waals surface area contributed by atoms with Crippen molar-refractivity contribution in [2.75, 3.05) is 6.54 Å². The molecule has 0 atom stereocenters. The standard InChI is InChI=1S/C21H22N2OS/c24-21(19-14-17-6-2-1-3-10-18(17)25-19)23-13-11-16-8-4-7-15-9-5-12-22-20(15)16/h4-5,7-9,12,14H,1-3,6,10-11,13H2,(H,23,24). The number of thiophene rings is 1. The molecular formula is C21H22N2OS. The summed E-state index contributed by atoms with van der Waals surface area (Å²) < 4.78 is 0. The number of aryl methyl sites for hydroxylation is 2. The van der Waals surface area contributed by atoms with Crippen LogP contribution in [0, 0.1) is 0 Å². The third kappa shape index (κ3) is 3.59. The lowest BCUT2D eigenvalue weighted by molar-refractivity contribution is 0.0958. The molecule has 1 aliphatic carbocycles. The van der Waals surface area contributed by atoms with Gasteiger partial charge in [0.25, 0.3) is 5.91 Å². The summed E-state index contributed by atoms with van der Waals surface area (Å²) in [5, 5.41) is 4.23. The highest BCUT2D eigenvalue weighted by atomic mass is 32.1. The van der Waals surface area contributed by atoms with E-state index in [1.807, 2.05) is 12.3 Å². The van der Waals surface area contributed by atoms with Crippen LogP contribution in [-0.4, -0.2) is 17.4 Å². The number of carbonyl (C=O) groups excluding carboxylic acids is 1. The molecule has 1 N–H and O–H groups in total. The third-order valence-electron chi connectivity index (χ3n) is 4.87. The molecule has 0 saturated carbocycles. The zero-order valence-corrected chi connectivity index (χ0v) is 15.1. The Morgan fingerprint density at radius 3 is 2.96 bits per heavy atom. The predicted octanol–water partition coefficient (Wildman–Crippen LogP) is 4.54. The van der Waals surface area contributed by atoms with Gasteiger partial charge in [0, 0.05) is 23.0 Å². The van der Waals surface area contributed by atoms with Crippen LogP contribution in [0.25, 0.3) is 10.9 Å². The number of hydrogen-bond donors (Lipinski definition) is 1. The molecule has 0 unspecified atom stereocenters. The van der Waals surface area contributed by atoms with Crippen LogP contribution in [0.5, 0.6) is 0 Å². The Labute approximate surface area is 152 Å². The molecular weight excluding hydrogens is 328 g/mol. The Bertz CT molecular complexity index is 871. The molecule has 1 aliphatic rings. The Hall–Kier alpha value is -2.20. The lowest BCUT2D eigenvalue weighted by Gasteiger charge is -2.07. The van der Waals surface area contributed by atoms with Crippen LogP contribution in [0.2, 0.25) is 0 Å². The summed E-state index contributed by atoms with van der Waals surface area (Å²) in [6.45, 7) is 0.636. The molecule has 2 aromatic heterocycles. The first kappa shape index (κ1) is 16.3. The lowest BCUT2D eigenvalue weighted by atomic mass is 10.1. The van der Waals surface area contributed by atoms with Gasteiger partial charge >= 0.3 is 0 Å². The Morgan fingerprint density at radius 2 is 2.00 bits per heavy atom. The number of carbonyl (C=O) groups is 1. The van der Waals surface area contributed by atoms with Crippen molar-refractivity contribution in [3.63, 3.8) is 0 Å². The summed E-state index contributed by atoms with van der Waals surface area (Å²) >= 11 is 1.68. The van der Waals surface area contributed by atoms with Crippen LogP contribution >= 0.6 is 11.3 Å². The highest BCUT2D eigenvalue weighted by Gasteiger charge is 2.16. The van der Waals surface area contributed by atoms with Crippen LogP contribution in [0.1, 0.15) is 44.9 Å². The zero-order chi connectivity index (χ0) is 17.1. The average molecular weight is 350 g/mol. The van der Waals surface area contributed by atoms with E-state index >= 15 is 0 Å². The van der Waals surface area contributed by atoms with Crippen molar-refractivity contribution >= 4 is 28.1 Å². The number of pyridine rings is 1. The van der Waals surface area contributed by atoms with Gasteiger partial charge in [0.2, 0.25) is 0 Å². The van der Waals surface area contributed by atoms with Gasteiger partial charge in [-0.05, 0) is 55.4 Å². The minimum absolute atomic E-state index is 0.0614. The van der Waals surface area contributed by atoms with Crippen molar-refractivity contribution < 1.29 is 4.79 Å². The number of amides is 1. The van der Waals surface area contributed by atoms with E-state index in [9.17, 15) is 4.79 Å². The van der Waals surface area contributed by atoms with E-state index in [4.69, 9.17) is 0 Å². The maximum Gasteiger partial charge on any atom is 0.261 e. The Kier molecular flexibility index (Phi) is 4.79. The molecule has 3 aromatic rings. The maximum absolute atomic E-state index is 12.5. The number of nitrogens with zero attached hydrogens (tertiary/aromatic N) is 1. The van der Waals surface area contributed by atoms with Crippen molar-refractivity contribution in [3.8, 4) is 0 Å². The molecule has 128 valence electrons. The maximum atomic E-state index is 12.5. The first-order valence-electron chi connectivity index (χ1n) is 9.04. The van der Waals surface area contributed by atoms with E-state index in [0.29, 0.717) is 6.54 Å². The minimum atomic E-state index is 0.0614. The molecule has 4 heteroatoms. The first-order valence-corrected chi connectivity index (χ1v) is 9.85. The van der Waals surface area contributed by atoms with Gasteiger partial charge in [0.05, 0.1) is 10.4 Å². The Balaban J connectivity index is 1.40. The fourth-order valence-corrected chi connectivity index (χ4v) is 4.72. The van der Waals surface area contributed by atoms with Gasteiger partial charge < -0.3 is 5.32 Å². The second kappa shape index (κ2) is 7.36. The summed E-state index contributed by atoms with van der Waals surface area (Å²) in [5.41, 5.74) is 3.60. The van der Waals surface area contributed by atoms with Crippen LogP contribution in [-0.2, 0) is 19.3 Å². The van der Waals surface area contributed by atoms with E-state index in [1.165, 1.54) is 35.3 Å². The van der Waals surface area contributed by atoms with E-state index < -0.39 is 0 Å². The number of benzene rings is 1. The molecule has 0 spiro atoms. The normalized spacial score (nSPS) is 14.1. The molecule has 0 saturated heterocycles. The monoisotopic (exact) mass is 350 g/mol. The van der Waals surface area contributed by atoms with Gasteiger partial charge in [-0.15, -0.1) is 11.3 Å². The number of fused-ring (bicyclic) bond motifs is 2. The summed E-state index contributed by atoms with van der Waals surface area (Å²) in [5.74, 6) is 0.0614. The zero-order valence-electron chi connectivity index (χ0n) is 14.3. The quantitative estimate of drug-likeness (QED) is 0.702. The van der Waals surface area contributed by atoms with Crippen molar-refractivity contribution in [1.29, 1.82) is 0 Å².